The molecule has 3 rings (SSSR count). The molecule has 2 atom stereocenters. The van der Waals surface area contributed by atoms with Gasteiger partial charge in [0.1, 0.15) is 31.0 Å². The molecule has 33 heavy (non-hydrogen) atoms. The molecule has 1 saturated heterocycles. The summed E-state index contributed by atoms with van der Waals surface area (Å²) in [5, 5.41) is 15.8. The van der Waals surface area contributed by atoms with Crippen molar-refractivity contribution in [1.82, 2.24) is 10.6 Å². The molecule has 1 fully saturated rings. The van der Waals surface area contributed by atoms with E-state index in [1.54, 1.807) is 31.2 Å². The lowest BCUT2D eigenvalue weighted by atomic mass is 9.92. The molecule has 0 bridgehead atoms. The Hall–Kier alpha value is -2.65. The van der Waals surface area contributed by atoms with Crippen molar-refractivity contribution in [2.24, 2.45) is 5.92 Å². The van der Waals surface area contributed by atoms with Gasteiger partial charge in [-0.15, -0.1) is 0 Å². The number of hydrogen-bond donors (Lipinski definition) is 3. The van der Waals surface area contributed by atoms with Gasteiger partial charge >= 0.3 is 11.9 Å². The van der Waals surface area contributed by atoms with Crippen molar-refractivity contribution in [2.75, 3.05) is 37.7 Å². The first kappa shape index (κ1) is 25.0. The molecule has 9 nitrogen and oxygen atoms in total. The van der Waals surface area contributed by atoms with E-state index >= 15 is 0 Å². The molecule has 0 spiro atoms. The fraction of sp³-hybridized carbons (Fsp3) is 0.625. The van der Waals surface area contributed by atoms with Crippen LogP contribution in [0, 0.1) is 5.92 Å². The molecule has 1 aromatic rings. The number of amides is 1. The zero-order valence-corrected chi connectivity index (χ0v) is 19.3. The summed E-state index contributed by atoms with van der Waals surface area (Å²) in [5.74, 6) is -0.810. The van der Waals surface area contributed by atoms with Gasteiger partial charge in [-0.2, -0.15) is 0 Å². The van der Waals surface area contributed by atoms with Crippen molar-refractivity contribution >= 4 is 23.5 Å². The summed E-state index contributed by atoms with van der Waals surface area (Å²) in [6.07, 6.45) is 5.89. The number of ether oxygens (including phenoxy) is 2. The van der Waals surface area contributed by atoms with Gasteiger partial charge in [0, 0.05) is 0 Å². The van der Waals surface area contributed by atoms with Crippen LogP contribution in [-0.4, -0.2) is 67.9 Å². The van der Waals surface area contributed by atoms with Crippen LogP contribution in [0.1, 0.15) is 45.4 Å². The van der Waals surface area contributed by atoms with Crippen molar-refractivity contribution in [3.05, 3.63) is 24.3 Å². The second-order valence-corrected chi connectivity index (χ2v) is 8.60. The molecule has 0 unspecified atom stereocenters. The number of nitrogens with zero attached hydrogens (tertiary/aromatic N) is 1. The number of piperidine rings is 1. The van der Waals surface area contributed by atoms with Crippen LogP contribution in [0.15, 0.2) is 24.3 Å². The number of anilines is 1. The average molecular weight is 462 g/mol. The summed E-state index contributed by atoms with van der Waals surface area (Å²) in [5.41, 5.74) is 0.406. The number of benzene rings is 1. The summed E-state index contributed by atoms with van der Waals surface area (Å²) in [7, 11) is 0. The number of carbonyl (C=O) groups is 3. The minimum Gasteiger partial charge on any atom is -0.489 e. The molecule has 3 N–H and O–H groups in total. The molecule has 1 amide bonds. The zero-order valence-electron chi connectivity index (χ0n) is 19.3. The van der Waals surface area contributed by atoms with Gasteiger partial charge < -0.3 is 19.9 Å². The lowest BCUT2D eigenvalue weighted by Gasteiger charge is -2.26. The minimum absolute atomic E-state index is 0.00303. The fourth-order valence-corrected chi connectivity index (χ4v) is 4.48. The Morgan fingerprint density at radius 2 is 2.03 bits per heavy atom. The van der Waals surface area contributed by atoms with Crippen LogP contribution in [0.5, 0.6) is 5.75 Å². The van der Waals surface area contributed by atoms with E-state index in [1.807, 2.05) is 0 Å². The van der Waals surface area contributed by atoms with Crippen LogP contribution >= 0.6 is 0 Å². The third-order valence-corrected chi connectivity index (χ3v) is 6.21. The Labute approximate surface area is 194 Å². The van der Waals surface area contributed by atoms with E-state index in [4.69, 9.17) is 9.47 Å². The molecule has 0 saturated carbocycles. The summed E-state index contributed by atoms with van der Waals surface area (Å²) in [6.45, 7) is 3.64. The number of nitrogens with one attached hydrogen (secondary N) is 2. The monoisotopic (exact) mass is 461 g/mol. The highest BCUT2D eigenvalue weighted by atomic mass is 16.5. The molecular formula is C24H35N3O6. The molecule has 1 aromatic carbocycles. The van der Waals surface area contributed by atoms with Gasteiger partial charge in [-0.05, 0) is 57.3 Å². The first-order valence-corrected chi connectivity index (χ1v) is 11.9. The number of carbonyl (C=O) groups excluding carboxylic acids is 2. The van der Waals surface area contributed by atoms with Crippen LogP contribution in [0.4, 0.5) is 5.69 Å². The zero-order chi connectivity index (χ0) is 23.6. The topological polar surface area (TPSA) is 117 Å². The number of carboxylic acid groups (broad SMARTS) is 1. The van der Waals surface area contributed by atoms with Gasteiger partial charge in [0.05, 0.1) is 12.3 Å². The van der Waals surface area contributed by atoms with Crippen molar-refractivity contribution in [3.63, 3.8) is 0 Å². The number of aliphatic carboxylic acids is 1. The molecule has 9 heteroatoms. The van der Waals surface area contributed by atoms with Gasteiger partial charge in [0.15, 0.2) is 0 Å². The molecule has 2 aliphatic heterocycles. The maximum atomic E-state index is 13.3. The van der Waals surface area contributed by atoms with Gasteiger partial charge in [-0.1, -0.05) is 31.4 Å². The van der Waals surface area contributed by atoms with Gasteiger partial charge in [-0.3, -0.25) is 24.6 Å². The lowest BCUT2D eigenvalue weighted by Crippen LogP contribution is -2.54. The Morgan fingerprint density at radius 3 is 2.76 bits per heavy atom. The largest absolute Gasteiger partial charge is 0.489 e. The van der Waals surface area contributed by atoms with Gasteiger partial charge in [-0.25, -0.2) is 0 Å². The number of hydrogen-bond acceptors (Lipinski definition) is 7. The van der Waals surface area contributed by atoms with Gasteiger partial charge in [0.25, 0.3) is 0 Å². The summed E-state index contributed by atoms with van der Waals surface area (Å²) >= 11 is 0. The van der Waals surface area contributed by atoms with Crippen LogP contribution in [0.2, 0.25) is 0 Å². The maximum Gasteiger partial charge on any atom is 0.323 e. The van der Waals surface area contributed by atoms with Gasteiger partial charge in [0.2, 0.25) is 5.91 Å². The van der Waals surface area contributed by atoms with E-state index < -0.39 is 36.5 Å². The lowest BCUT2D eigenvalue weighted by molar-refractivity contribution is -0.146. The molecule has 2 aliphatic rings. The second-order valence-electron chi connectivity index (χ2n) is 8.60. The molecular weight excluding hydrogens is 426 g/mol. The van der Waals surface area contributed by atoms with E-state index in [0.717, 1.165) is 38.3 Å². The number of rotatable bonds is 11. The maximum absolute atomic E-state index is 13.3. The Balaban J connectivity index is 1.65. The SMILES string of the molecule is CCOC(=O)[C@@H](CCCCC1CCNCC1)N[C@H]1COc2ccccc2N(CC(=O)O)C1=O. The fourth-order valence-electron chi connectivity index (χ4n) is 4.48. The highest BCUT2D eigenvalue weighted by Gasteiger charge is 2.35. The highest BCUT2D eigenvalue weighted by molar-refractivity contribution is 6.02. The third kappa shape index (κ3) is 7.17. The van der Waals surface area contributed by atoms with E-state index in [-0.39, 0.29) is 13.2 Å². The summed E-state index contributed by atoms with van der Waals surface area (Å²) < 4.78 is 11.1. The highest BCUT2D eigenvalue weighted by Crippen LogP contribution is 2.31. The average Bonchev–Trinajstić information content (AvgIpc) is 2.93. The second kappa shape index (κ2) is 12.6. The molecule has 2 heterocycles. The smallest absolute Gasteiger partial charge is 0.323 e. The molecule has 0 aromatic heterocycles. The van der Waals surface area contributed by atoms with Crippen molar-refractivity contribution < 1.29 is 29.0 Å². The standard InChI is InChI=1S/C24H35N3O6/c1-2-32-24(31)18(8-4-3-7-17-11-13-25-14-12-17)26-19-16-33-21-10-6-5-9-20(21)27(23(19)30)15-22(28)29/h5-6,9-10,17-19,25-26H,2-4,7-8,11-16H2,1H3,(H,28,29)/t18-,19+/m1/s1. The van der Waals surface area contributed by atoms with Crippen LogP contribution in [0.25, 0.3) is 0 Å². The van der Waals surface area contributed by atoms with Crippen molar-refractivity contribution in [3.8, 4) is 5.75 Å². The number of para-hydroxylation sites is 2. The van der Waals surface area contributed by atoms with Crippen LogP contribution < -0.4 is 20.3 Å². The van der Waals surface area contributed by atoms with Crippen LogP contribution in [0.3, 0.4) is 0 Å². The Kier molecular flexibility index (Phi) is 9.50. The van der Waals surface area contributed by atoms with Crippen LogP contribution in [-0.2, 0) is 19.1 Å². The first-order chi connectivity index (χ1) is 16.0. The molecule has 182 valence electrons. The number of esters is 1. The van der Waals surface area contributed by atoms with E-state index in [9.17, 15) is 19.5 Å². The van der Waals surface area contributed by atoms with E-state index in [1.165, 1.54) is 17.7 Å². The third-order valence-electron chi connectivity index (χ3n) is 6.21. The van der Waals surface area contributed by atoms with E-state index in [2.05, 4.69) is 10.6 Å². The quantitative estimate of drug-likeness (QED) is 0.338. The Bertz CT molecular complexity index is 811. The summed E-state index contributed by atoms with van der Waals surface area (Å²) in [4.78, 5) is 38.5. The number of unbranched alkanes of at least 4 members (excludes halogenated alkanes) is 1. The minimum atomic E-state index is -1.13. The van der Waals surface area contributed by atoms with Crippen molar-refractivity contribution in [2.45, 2.75) is 57.5 Å². The normalized spacial score (nSPS) is 19.8. The molecule has 0 radical (unpaired) electrons. The number of fused-ring (bicyclic) bond motifs is 1. The Morgan fingerprint density at radius 1 is 1.27 bits per heavy atom. The predicted octanol–water partition coefficient (Wildman–Crippen LogP) is 1.95. The number of carboxylic acids is 1. The predicted molar refractivity (Wildman–Crippen MR) is 123 cm³/mol. The summed E-state index contributed by atoms with van der Waals surface area (Å²) in [6, 6.07) is 5.31. The molecule has 0 aliphatic carbocycles. The first-order valence-electron chi connectivity index (χ1n) is 11.9. The van der Waals surface area contributed by atoms with E-state index in [0.29, 0.717) is 17.9 Å². The van der Waals surface area contributed by atoms with Crippen molar-refractivity contribution in [1.29, 1.82) is 0 Å².